The summed E-state index contributed by atoms with van der Waals surface area (Å²) in [5.74, 6) is 1.20. The molecule has 1 aromatic rings. The number of hydrogen-bond acceptors (Lipinski definition) is 5. The van der Waals surface area contributed by atoms with Gasteiger partial charge in [-0.2, -0.15) is 0 Å². The number of nitrogens with zero attached hydrogens (tertiary/aromatic N) is 4. The zero-order valence-corrected chi connectivity index (χ0v) is 10.8. The zero-order valence-electron chi connectivity index (χ0n) is 10.8. The summed E-state index contributed by atoms with van der Waals surface area (Å²) in [6, 6.07) is 0.125. The summed E-state index contributed by atoms with van der Waals surface area (Å²) in [5, 5.41) is 11.6. The van der Waals surface area contributed by atoms with Gasteiger partial charge in [-0.05, 0) is 26.2 Å². The van der Waals surface area contributed by atoms with Gasteiger partial charge in [0.1, 0.15) is 18.0 Å². The number of aromatic nitrogens is 2. The van der Waals surface area contributed by atoms with E-state index in [0.29, 0.717) is 6.42 Å². The number of oxime groups is 1. The lowest BCUT2D eigenvalue weighted by atomic mass is 10.1. The number of anilines is 1. The van der Waals surface area contributed by atoms with Crippen LogP contribution in [-0.4, -0.2) is 34.1 Å². The summed E-state index contributed by atoms with van der Waals surface area (Å²) in [5.41, 5.74) is 7.94. The van der Waals surface area contributed by atoms with Crippen molar-refractivity contribution < 1.29 is 5.21 Å². The summed E-state index contributed by atoms with van der Waals surface area (Å²) in [6.45, 7) is 2.03. The van der Waals surface area contributed by atoms with Gasteiger partial charge < -0.3 is 15.8 Å². The van der Waals surface area contributed by atoms with Gasteiger partial charge >= 0.3 is 0 Å². The highest BCUT2D eigenvalue weighted by Gasteiger charge is 2.22. The van der Waals surface area contributed by atoms with Crippen molar-refractivity contribution in [3.05, 3.63) is 17.6 Å². The van der Waals surface area contributed by atoms with E-state index >= 15 is 0 Å². The van der Waals surface area contributed by atoms with Crippen molar-refractivity contribution in [2.75, 3.05) is 11.9 Å². The van der Waals surface area contributed by atoms with Gasteiger partial charge in [0.15, 0.2) is 0 Å². The van der Waals surface area contributed by atoms with Crippen LogP contribution in [-0.2, 0) is 12.8 Å². The van der Waals surface area contributed by atoms with E-state index in [2.05, 4.69) is 20.0 Å². The Morgan fingerprint density at radius 3 is 3.06 bits per heavy atom. The van der Waals surface area contributed by atoms with Crippen molar-refractivity contribution in [3.8, 4) is 0 Å². The van der Waals surface area contributed by atoms with Crippen LogP contribution in [0.1, 0.15) is 31.0 Å². The molecule has 1 atom stereocenters. The molecule has 0 amide bonds. The highest BCUT2D eigenvalue weighted by Crippen LogP contribution is 2.28. The molecule has 0 aliphatic heterocycles. The molecule has 98 valence electrons. The fourth-order valence-electron chi connectivity index (χ4n) is 2.34. The van der Waals surface area contributed by atoms with Gasteiger partial charge in [-0.15, -0.1) is 0 Å². The first-order valence-corrected chi connectivity index (χ1v) is 6.15. The van der Waals surface area contributed by atoms with Crippen molar-refractivity contribution >= 4 is 11.7 Å². The Bertz CT molecular complexity index is 460. The minimum atomic E-state index is 0.125. The van der Waals surface area contributed by atoms with E-state index in [1.54, 1.807) is 6.33 Å². The second-order valence-electron chi connectivity index (χ2n) is 4.73. The van der Waals surface area contributed by atoms with E-state index in [4.69, 9.17) is 10.9 Å². The molecule has 1 aromatic heterocycles. The van der Waals surface area contributed by atoms with Crippen molar-refractivity contribution in [2.24, 2.45) is 10.9 Å². The maximum atomic E-state index is 8.61. The van der Waals surface area contributed by atoms with Gasteiger partial charge in [0.2, 0.25) is 0 Å². The molecule has 0 aromatic carbocycles. The molecule has 0 spiro atoms. The molecule has 1 aliphatic carbocycles. The molecule has 0 saturated heterocycles. The standard InChI is InChI=1S/C12H19N5O/c1-8(6-11(13)16-18)17(2)12-9-4-3-5-10(9)14-7-15-12/h7-8,18H,3-6H2,1-2H3,(H2,13,16). The summed E-state index contributed by atoms with van der Waals surface area (Å²) < 4.78 is 0. The molecule has 6 nitrogen and oxygen atoms in total. The molecule has 0 radical (unpaired) electrons. The average molecular weight is 249 g/mol. The normalized spacial score (nSPS) is 16.4. The molecule has 1 aliphatic rings. The van der Waals surface area contributed by atoms with Crippen LogP contribution >= 0.6 is 0 Å². The fraction of sp³-hybridized carbons (Fsp3) is 0.583. The third kappa shape index (κ3) is 2.37. The van der Waals surface area contributed by atoms with Crippen LogP contribution in [0.2, 0.25) is 0 Å². The van der Waals surface area contributed by atoms with Gasteiger partial charge in [0.05, 0.1) is 0 Å². The van der Waals surface area contributed by atoms with E-state index in [1.165, 1.54) is 5.56 Å². The summed E-state index contributed by atoms with van der Waals surface area (Å²) in [7, 11) is 1.98. The van der Waals surface area contributed by atoms with E-state index < -0.39 is 0 Å². The van der Waals surface area contributed by atoms with Crippen LogP contribution in [0, 0.1) is 0 Å². The molecule has 2 rings (SSSR count). The van der Waals surface area contributed by atoms with Crippen LogP contribution in [0.5, 0.6) is 0 Å². The lowest BCUT2D eigenvalue weighted by Gasteiger charge is -2.27. The second kappa shape index (κ2) is 5.20. The number of rotatable bonds is 4. The minimum absolute atomic E-state index is 0.125. The quantitative estimate of drug-likeness (QED) is 0.358. The van der Waals surface area contributed by atoms with Gasteiger partial charge in [-0.3, -0.25) is 0 Å². The van der Waals surface area contributed by atoms with Crippen molar-refractivity contribution in [1.82, 2.24) is 9.97 Å². The highest BCUT2D eigenvalue weighted by molar-refractivity contribution is 5.80. The number of aryl methyl sites for hydroxylation is 1. The predicted octanol–water partition coefficient (Wildman–Crippen LogP) is 0.926. The van der Waals surface area contributed by atoms with Crippen molar-refractivity contribution in [1.29, 1.82) is 0 Å². The SMILES string of the molecule is CC(C/C(N)=N/O)N(C)c1ncnc2c1CCC2. The van der Waals surface area contributed by atoms with Crippen LogP contribution in [0.25, 0.3) is 0 Å². The molecular weight excluding hydrogens is 230 g/mol. The monoisotopic (exact) mass is 249 g/mol. The molecule has 3 N–H and O–H groups in total. The van der Waals surface area contributed by atoms with Gasteiger partial charge in [0, 0.05) is 30.8 Å². The molecule has 6 heteroatoms. The third-order valence-electron chi connectivity index (χ3n) is 3.48. The highest BCUT2D eigenvalue weighted by atomic mass is 16.4. The number of amidine groups is 1. The zero-order chi connectivity index (χ0) is 13.1. The van der Waals surface area contributed by atoms with Crippen LogP contribution in [0.15, 0.2) is 11.5 Å². The van der Waals surface area contributed by atoms with Gasteiger partial charge in [-0.25, -0.2) is 9.97 Å². The first-order valence-electron chi connectivity index (χ1n) is 6.15. The molecule has 0 fully saturated rings. The second-order valence-corrected chi connectivity index (χ2v) is 4.73. The fourth-order valence-corrected chi connectivity index (χ4v) is 2.34. The molecule has 1 unspecified atom stereocenters. The molecular formula is C12H19N5O. The summed E-state index contributed by atoms with van der Waals surface area (Å²) >= 11 is 0. The first kappa shape index (κ1) is 12.6. The lowest BCUT2D eigenvalue weighted by molar-refractivity contribution is 0.316. The van der Waals surface area contributed by atoms with E-state index in [-0.39, 0.29) is 11.9 Å². The van der Waals surface area contributed by atoms with Gasteiger partial charge in [-0.1, -0.05) is 5.16 Å². The molecule has 0 bridgehead atoms. The smallest absolute Gasteiger partial charge is 0.141 e. The summed E-state index contributed by atoms with van der Waals surface area (Å²) in [4.78, 5) is 10.8. The number of hydrogen-bond donors (Lipinski definition) is 2. The van der Waals surface area contributed by atoms with Crippen molar-refractivity contribution in [3.63, 3.8) is 0 Å². The number of nitrogens with two attached hydrogens (primary N) is 1. The van der Waals surface area contributed by atoms with Gasteiger partial charge in [0.25, 0.3) is 0 Å². The maximum Gasteiger partial charge on any atom is 0.141 e. The Balaban J connectivity index is 2.19. The molecule has 0 saturated carbocycles. The van der Waals surface area contributed by atoms with E-state index in [0.717, 1.165) is 30.8 Å². The Morgan fingerprint density at radius 1 is 1.56 bits per heavy atom. The number of fused-ring (bicyclic) bond motifs is 1. The largest absolute Gasteiger partial charge is 0.409 e. The topological polar surface area (TPSA) is 87.6 Å². The predicted molar refractivity (Wildman–Crippen MR) is 69.9 cm³/mol. The van der Waals surface area contributed by atoms with Crippen LogP contribution < -0.4 is 10.6 Å². The Kier molecular flexibility index (Phi) is 3.64. The van der Waals surface area contributed by atoms with E-state index in [1.807, 2.05) is 14.0 Å². The minimum Gasteiger partial charge on any atom is -0.409 e. The molecule has 1 heterocycles. The molecule has 18 heavy (non-hydrogen) atoms. The van der Waals surface area contributed by atoms with Crippen LogP contribution in [0.4, 0.5) is 5.82 Å². The Labute approximate surface area is 107 Å². The van der Waals surface area contributed by atoms with E-state index in [9.17, 15) is 0 Å². The Morgan fingerprint density at radius 2 is 2.33 bits per heavy atom. The Hall–Kier alpha value is -1.85. The maximum absolute atomic E-state index is 8.61. The van der Waals surface area contributed by atoms with Crippen LogP contribution in [0.3, 0.4) is 0 Å². The van der Waals surface area contributed by atoms with Crippen molar-refractivity contribution in [2.45, 2.75) is 38.6 Å². The average Bonchev–Trinajstić information content (AvgIpc) is 2.85. The third-order valence-corrected chi connectivity index (χ3v) is 3.48. The first-order chi connectivity index (χ1) is 8.63. The summed E-state index contributed by atoms with van der Waals surface area (Å²) in [6.07, 6.45) is 5.33. The lowest BCUT2D eigenvalue weighted by Crippen LogP contribution is -2.34.